The van der Waals surface area contributed by atoms with Gasteiger partial charge in [-0.15, -0.1) is 11.8 Å². The number of carbonyl (C=O) groups excluding carboxylic acids is 2. The Balaban J connectivity index is 4.77. The summed E-state index contributed by atoms with van der Waals surface area (Å²) < 4.78 is 9.50. The molecule has 0 amide bonds. The van der Waals surface area contributed by atoms with Crippen LogP contribution in [0.3, 0.4) is 0 Å². The lowest BCUT2D eigenvalue weighted by Gasteiger charge is -2.13. The van der Waals surface area contributed by atoms with Crippen molar-refractivity contribution < 1.29 is 19.1 Å². The Morgan fingerprint density at radius 2 is 1.58 bits per heavy atom. The third kappa shape index (κ3) is 9.60. The van der Waals surface area contributed by atoms with Gasteiger partial charge in [0.1, 0.15) is 0 Å². The van der Waals surface area contributed by atoms with Crippen LogP contribution in [0, 0.1) is 5.92 Å². The van der Waals surface area contributed by atoms with Crippen molar-refractivity contribution in [2.45, 2.75) is 46.0 Å². The van der Waals surface area contributed by atoms with Crippen LogP contribution < -0.4 is 0 Å². The summed E-state index contributed by atoms with van der Waals surface area (Å²) in [5.41, 5.74) is 0.620. The van der Waals surface area contributed by atoms with Crippen LogP contribution in [0.15, 0.2) is 35.3 Å². The first-order chi connectivity index (χ1) is 11.6. The van der Waals surface area contributed by atoms with E-state index in [9.17, 15) is 9.59 Å². The normalized spacial score (nSPS) is 12.3. The summed E-state index contributed by atoms with van der Waals surface area (Å²) in [6.45, 7) is 4.04. The van der Waals surface area contributed by atoms with Crippen molar-refractivity contribution in [1.29, 1.82) is 0 Å². The largest absolute Gasteiger partial charge is 0.468 e. The maximum absolute atomic E-state index is 11.9. The molecule has 0 aromatic carbocycles. The number of allylic oxidation sites excluding steroid dienone is 4. The fourth-order valence-corrected chi connectivity index (χ4v) is 2.65. The van der Waals surface area contributed by atoms with Crippen LogP contribution in [0.1, 0.15) is 46.0 Å². The van der Waals surface area contributed by atoms with Gasteiger partial charge in [-0.1, -0.05) is 37.6 Å². The second kappa shape index (κ2) is 15.1. The minimum atomic E-state index is -1.02. The molecule has 0 aliphatic carbocycles. The van der Waals surface area contributed by atoms with E-state index in [0.717, 1.165) is 31.4 Å². The monoisotopic (exact) mass is 354 g/mol. The number of methoxy groups -OCH3 is 2. The van der Waals surface area contributed by atoms with E-state index >= 15 is 0 Å². The molecule has 136 valence electrons. The lowest BCUT2D eigenvalue weighted by molar-refractivity contribution is -0.156. The highest BCUT2D eigenvalue weighted by Gasteiger charge is 2.31. The number of hydrogen-bond donors (Lipinski definition) is 0. The molecule has 0 aliphatic heterocycles. The van der Waals surface area contributed by atoms with Gasteiger partial charge in [0.15, 0.2) is 5.92 Å². The van der Waals surface area contributed by atoms with Gasteiger partial charge in [0.25, 0.3) is 0 Å². The molecule has 0 saturated carbocycles. The summed E-state index contributed by atoms with van der Waals surface area (Å²) in [7, 11) is 2.55. The van der Waals surface area contributed by atoms with Crippen molar-refractivity contribution in [3.8, 4) is 0 Å². The molecule has 0 aromatic rings. The minimum absolute atomic E-state index is 0.596. The predicted molar refractivity (Wildman–Crippen MR) is 101 cm³/mol. The van der Waals surface area contributed by atoms with Crippen molar-refractivity contribution in [1.82, 2.24) is 0 Å². The summed E-state index contributed by atoms with van der Waals surface area (Å²) in [6.07, 6.45) is 13.6. The number of carbonyl (C=O) groups is 2. The Labute approximate surface area is 150 Å². The highest BCUT2D eigenvalue weighted by Crippen LogP contribution is 2.21. The number of rotatable bonds is 12. The van der Waals surface area contributed by atoms with Crippen LogP contribution in [0.4, 0.5) is 0 Å². The number of unbranched alkanes of at least 4 members (excludes halogenated alkanes) is 4. The Morgan fingerprint density at radius 3 is 2.08 bits per heavy atom. The molecule has 0 unspecified atom stereocenters. The molecule has 0 spiro atoms. The van der Waals surface area contributed by atoms with Crippen LogP contribution >= 0.6 is 11.8 Å². The molecule has 0 aliphatic rings. The van der Waals surface area contributed by atoms with E-state index in [0.29, 0.717) is 5.57 Å². The van der Waals surface area contributed by atoms with E-state index in [1.807, 2.05) is 31.4 Å². The van der Waals surface area contributed by atoms with Crippen LogP contribution in [0.5, 0.6) is 0 Å². The molecular weight excluding hydrogens is 324 g/mol. The van der Waals surface area contributed by atoms with Gasteiger partial charge in [-0.3, -0.25) is 9.59 Å². The second-order valence-electron chi connectivity index (χ2n) is 5.16. The maximum atomic E-state index is 11.9. The predicted octanol–water partition coefficient (Wildman–Crippen LogP) is 4.67. The molecular formula is C19H30O4S. The van der Waals surface area contributed by atoms with Crippen molar-refractivity contribution in [3.63, 3.8) is 0 Å². The smallest absolute Gasteiger partial charge is 0.324 e. The number of thioether (sulfide) groups is 1. The Morgan fingerprint density at radius 1 is 1.00 bits per heavy atom. The van der Waals surface area contributed by atoms with Gasteiger partial charge >= 0.3 is 11.9 Å². The SMILES string of the molecule is C/C=C/CCCCC/C=C/C(=C\SCC)C(C(=O)OC)C(=O)OC. The lowest BCUT2D eigenvalue weighted by Crippen LogP contribution is -2.27. The molecule has 24 heavy (non-hydrogen) atoms. The van der Waals surface area contributed by atoms with Crippen molar-refractivity contribution in [2.24, 2.45) is 5.92 Å². The van der Waals surface area contributed by atoms with E-state index < -0.39 is 17.9 Å². The fourth-order valence-electron chi connectivity index (χ4n) is 2.07. The topological polar surface area (TPSA) is 52.6 Å². The standard InChI is InChI=1S/C19H30O4S/c1-5-7-8-9-10-11-12-13-14-16(15-24-6-2)17(18(20)22-3)19(21)23-4/h5,7,13-15,17H,6,8-12H2,1-4H3/b7-5+,14-13+,16-15+. The second-order valence-corrected chi connectivity index (χ2v) is 6.31. The van der Waals surface area contributed by atoms with E-state index in [1.165, 1.54) is 20.6 Å². The molecule has 4 nitrogen and oxygen atoms in total. The molecule has 0 radical (unpaired) electrons. The van der Waals surface area contributed by atoms with Gasteiger partial charge in [-0.2, -0.15) is 0 Å². The van der Waals surface area contributed by atoms with Crippen molar-refractivity contribution in [2.75, 3.05) is 20.0 Å². The zero-order valence-electron chi connectivity index (χ0n) is 15.2. The van der Waals surface area contributed by atoms with E-state index in [2.05, 4.69) is 12.2 Å². The van der Waals surface area contributed by atoms with Crippen LogP contribution in [-0.2, 0) is 19.1 Å². The first-order valence-corrected chi connectivity index (χ1v) is 9.42. The molecule has 0 fully saturated rings. The average Bonchev–Trinajstić information content (AvgIpc) is 2.60. The summed E-state index contributed by atoms with van der Waals surface area (Å²) >= 11 is 1.54. The molecule has 0 atom stereocenters. The van der Waals surface area contributed by atoms with Gasteiger partial charge in [0, 0.05) is 0 Å². The molecule has 0 heterocycles. The van der Waals surface area contributed by atoms with E-state index in [4.69, 9.17) is 9.47 Å². The van der Waals surface area contributed by atoms with Crippen LogP contribution in [-0.4, -0.2) is 31.9 Å². The maximum Gasteiger partial charge on any atom is 0.324 e. The van der Waals surface area contributed by atoms with Crippen molar-refractivity contribution >= 4 is 23.7 Å². The first-order valence-electron chi connectivity index (χ1n) is 8.37. The van der Waals surface area contributed by atoms with E-state index in [-0.39, 0.29) is 0 Å². The van der Waals surface area contributed by atoms with Gasteiger partial charge in [0.2, 0.25) is 0 Å². The molecule has 0 saturated heterocycles. The van der Waals surface area contributed by atoms with E-state index in [1.54, 1.807) is 11.8 Å². The Hall–Kier alpha value is -1.49. The van der Waals surface area contributed by atoms with Gasteiger partial charge in [0.05, 0.1) is 14.2 Å². The first kappa shape index (κ1) is 22.5. The van der Waals surface area contributed by atoms with Gasteiger partial charge in [-0.05, 0) is 49.3 Å². The average molecular weight is 355 g/mol. The van der Waals surface area contributed by atoms with Crippen LogP contribution in [0.2, 0.25) is 0 Å². The minimum Gasteiger partial charge on any atom is -0.468 e. The number of ether oxygens (including phenoxy) is 2. The molecule has 5 heteroatoms. The van der Waals surface area contributed by atoms with Crippen molar-refractivity contribution in [3.05, 3.63) is 35.3 Å². The lowest BCUT2D eigenvalue weighted by atomic mass is 9.99. The molecule has 0 rings (SSSR count). The number of esters is 2. The summed E-state index contributed by atoms with van der Waals surface area (Å²) in [4.78, 5) is 23.9. The molecule has 0 aromatic heterocycles. The zero-order chi connectivity index (χ0) is 18.2. The quantitative estimate of drug-likeness (QED) is 0.168. The fraction of sp³-hybridized carbons (Fsp3) is 0.579. The summed E-state index contributed by atoms with van der Waals surface area (Å²) in [5, 5.41) is 1.83. The highest BCUT2D eigenvalue weighted by molar-refractivity contribution is 8.02. The Kier molecular flexibility index (Phi) is 14.1. The summed E-state index contributed by atoms with van der Waals surface area (Å²) in [6, 6.07) is 0. The third-order valence-electron chi connectivity index (χ3n) is 3.38. The Bertz CT molecular complexity index is 436. The van der Waals surface area contributed by atoms with Gasteiger partial charge < -0.3 is 9.47 Å². The number of hydrogen-bond acceptors (Lipinski definition) is 5. The van der Waals surface area contributed by atoms with Crippen LogP contribution in [0.25, 0.3) is 0 Å². The highest BCUT2D eigenvalue weighted by atomic mass is 32.2. The summed E-state index contributed by atoms with van der Waals surface area (Å²) in [5.74, 6) is -1.36. The molecule has 0 bridgehead atoms. The third-order valence-corrected chi connectivity index (χ3v) is 4.15. The zero-order valence-corrected chi connectivity index (χ0v) is 16.1. The molecule has 0 N–H and O–H groups in total. The van der Waals surface area contributed by atoms with Gasteiger partial charge in [-0.25, -0.2) is 0 Å².